The Bertz CT molecular complexity index is 528. The minimum Gasteiger partial charge on any atom is -0.373 e. The van der Waals surface area contributed by atoms with Crippen molar-refractivity contribution in [2.45, 2.75) is 17.9 Å². The van der Waals surface area contributed by atoms with Crippen molar-refractivity contribution in [3.63, 3.8) is 0 Å². The molecule has 2 rings (SSSR count). The number of carbonyl (C=O) groups excluding carboxylic acids is 1. The second-order valence-corrected chi connectivity index (χ2v) is 6.01. The van der Waals surface area contributed by atoms with Gasteiger partial charge in [0.15, 0.2) is 0 Å². The van der Waals surface area contributed by atoms with Gasteiger partial charge in [-0.3, -0.25) is 9.89 Å². The number of sulfonamides is 1. The number of rotatable bonds is 4. The SMILES string of the molecule is CC(=O)N1CCO[C@@H](CNS(=O)(=O)c2cn[nH]c2)C1. The predicted molar refractivity (Wildman–Crippen MR) is 65.8 cm³/mol. The van der Waals surface area contributed by atoms with E-state index in [-0.39, 0.29) is 23.5 Å². The number of amides is 1. The highest BCUT2D eigenvalue weighted by Gasteiger charge is 2.24. The molecule has 2 heterocycles. The predicted octanol–water partition coefficient (Wildman–Crippen LogP) is -1.06. The maximum atomic E-state index is 11.8. The summed E-state index contributed by atoms with van der Waals surface area (Å²) in [5, 5.41) is 6.03. The van der Waals surface area contributed by atoms with E-state index in [0.29, 0.717) is 19.7 Å². The fourth-order valence-electron chi connectivity index (χ4n) is 1.80. The van der Waals surface area contributed by atoms with Gasteiger partial charge in [-0.05, 0) is 0 Å². The highest BCUT2D eigenvalue weighted by molar-refractivity contribution is 7.89. The van der Waals surface area contributed by atoms with E-state index in [1.807, 2.05) is 0 Å². The Balaban J connectivity index is 1.90. The standard InChI is InChI=1S/C10H16N4O4S/c1-8(15)14-2-3-18-9(7-14)4-13-19(16,17)10-5-11-12-6-10/h5-6,9,13H,2-4,7H2,1H3,(H,11,12)/t9-/m0/s1. The van der Waals surface area contributed by atoms with E-state index in [1.165, 1.54) is 19.3 Å². The van der Waals surface area contributed by atoms with E-state index >= 15 is 0 Å². The summed E-state index contributed by atoms with van der Waals surface area (Å²) in [4.78, 5) is 13.0. The molecule has 0 aromatic carbocycles. The number of nitrogens with one attached hydrogen (secondary N) is 2. The van der Waals surface area contributed by atoms with Gasteiger partial charge in [-0.1, -0.05) is 0 Å². The number of H-pyrrole nitrogens is 1. The number of ether oxygens (including phenoxy) is 1. The zero-order valence-electron chi connectivity index (χ0n) is 10.5. The summed E-state index contributed by atoms with van der Waals surface area (Å²) in [7, 11) is -3.58. The van der Waals surface area contributed by atoms with E-state index in [0.717, 1.165) is 0 Å². The molecule has 1 fully saturated rings. The summed E-state index contributed by atoms with van der Waals surface area (Å²) in [5.74, 6) is -0.0361. The molecule has 0 radical (unpaired) electrons. The molecule has 1 aliphatic rings. The third-order valence-corrected chi connectivity index (χ3v) is 4.26. The van der Waals surface area contributed by atoms with E-state index in [1.54, 1.807) is 4.90 Å². The number of nitrogens with zero attached hydrogens (tertiary/aromatic N) is 2. The first-order valence-corrected chi connectivity index (χ1v) is 7.33. The molecule has 0 saturated carbocycles. The first-order chi connectivity index (χ1) is 8.99. The average molecular weight is 288 g/mol. The maximum absolute atomic E-state index is 11.8. The molecule has 1 aliphatic heterocycles. The van der Waals surface area contributed by atoms with Crippen molar-refractivity contribution in [3.05, 3.63) is 12.4 Å². The Kier molecular flexibility index (Phi) is 4.17. The van der Waals surface area contributed by atoms with E-state index in [2.05, 4.69) is 14.9 Å². The van der Waals surface area contributed by atoms with Crippen LogP contribution in [0.5, 0.6) is 0 Å². The summed E-state index contributed by atoms with van der Waals surface area (Å²) in [5.41, 5.74) is 0. The minimum atomic E-state index is -3.58. The van der Waals surface area contributed by atoms with Gasteiger partial charge in [0.25, 0.3) is 0 Å². The lowest BCUT2D eigenvalue weighted by Crippen LogP contribution is -2.48. The molecule has 1 atom stereocenters. The lowest BCUT2D eigenvalue weighted by molar-refractivity contribution is -0.136. The van der Waals surface area contributed by atoms with Crippen molar-refractivity contribution < 1.29 is 17.9 Å². The summed E-state index contributed by atoms with van der Waals surface area (Å²) < 4.78 is 31.6. The Morgan fingerprint density at radius 3 is 3.11 bits per heavy atom. The van der Waals surface area contributed by atoms with Crippen LogP contribution in [0.4, 0.5) is 0 Å². The summed E-state index contributed by atoms with van der Waals surface area (Å²) in [6.45, 7) is 2.95. The van der Waals surface area contributed by atoms with Crippen molar-refractivity contribution in [2.75, 3.05) is 26.2 Å². The Hall–Kier alpha value is -1.45. The number of hydrogen-bond acceptors (Lipinski definition) is 5. The molecular formula is C10H16N4O4S. The van der Waals surface area contributed by atoms with Crippen molar-refractivity contribution in [1.82, 2.24) is 19.8 Å². The van der Waals surface area contributed by atoms with Crippen LogP contribution in [0.25, 0.3) is 0 Å². The van der Waals surface area contributed by atoms with E-state index in [4.69, 9.17) is 4.74 Å². The molecule has 2 N–H and O–H groups in total. The van der Waals surface area contributed by atoms with Crippen LogP contribution in [0.3, 0.4) is 0 Å². The molecule has 9 heteroatoms. The summed E-state index contributed by atoms with van der Waals surface area (Å²) >= 11 is 0. The van der Waals surface area contributed by atoms with Crippen LogP contribution in [0.2, 0.25) is 0 Å². The van der Waals surface area contributed by atoms with Gasteiger partial charge in [0.1, 0.15) is 4.90 Å². The van der Waals surface area contributed by atoms with Crippen molar-refractivity contribution in [1.29, 1.82) is 0 Å². The molecule has 0 spiro atoms. The van der Waals surface area contributed by atoms with Crippen LogP contribution < -0.4 is 4.72 Å². The topological polar surface area (TPSA) is 104 Å². The number of morpholine rings is 1. The first kappa shape index (κ1) is 14.0. The van der Waals surface area contributed by atoms with Crippen LogP contribution in [0.15, 0.2) is 17.3 Å². The van der Waals surface area contributed by atoms with Gasteiger partial charge < -0.3 is 9.64 Å². The summed E-state index contributed by atoms with van der Waals surface area (Å²) in [6, 6.07) is 0. The highest BCUT2D eigenvalue weighted by Crippen LogP contribution is 2.08. The van der Waals surface area contributed by atoms with Gasteiger partial charge >= 0.3 is 0 Å². The third-order valence-electron chi connectivity index (χ3n) is 2.87. The Labute approximate surface area is 111 Å². The summed E-state index contributed by atoms with van der Waals surface area (Å²) in [6.07, 6.45) is 2.19. The molecule has 19 heavy (non-hydrogen) atoms. The molecule has 8 nitrogen and oxygen atoms in total. The molecular weight excluding hydrogens is 272 g/mol. The highest BCUT2D eigenvalue weighted by atomic mass is 32.2. The molecule has 0 unspecified atom stereocenters. The smallest absolute Gasteiger partial charge is 0.243 e. The second kappa shape index (κ2) is 5.68. The zero-order valence-corrected chi connectivity index (χ0v) is 11.3. The van der Waals surface area contributed by atoms with Crippen LogP contribution in [0.1, 0.15) is 6.92 Å². The van der Waals surface area contributed by atoms with Crippen molar-refractivity contribution in [2.24, 2.45) is 0 Å². The minimum absolute atomic E-state index is 0.0361. The monoisotopic (exact) mass is 288 g/mol. The van der Waals surface area contributed by atoms with Crippen LogP contribution in [-0.2, 0) is 19.6 Å². The van der Waals surface area contributed by atoms with E-state index in [9.17, 15) is 13.2 Å². The van der Waals surface area contributed by atoms with Crippen molar-refractivity contribution in [3.8, 4) is 0 Å². The normalized spacial score (nSPS) is 20.5. The zero-order chi connectivity index (χ0) is 13.9. The molecule has 1 aromatic heterocycles. The van der Waals surface area contributed by atoms with Crippen LogP contribution >= 0.6 is 0 Å². The Morgan fingerprint density at radius 1 is 1.68 bits per heavy atom. The molecule has 106 valence electrons. The lowest BCUT2D eigenvalue weighted by Gasteiger charge is -2.32. The number of hydrogen-bond donors (Lipinski definition) is 2. The fourth-order valence-corrected chi connectivity index (χ4v) is 2.77. The van der Waals surface area contributed by atoms with E-state index < -0.39 is 10.0 Å². The van der Waals surface area contributed by atoms with Gasteiger partial charge in [-0.25, -0.2) is 13.1 Å². The maximum Gasteiger partial charge on any atom is 0.243 e. The number of carbonyl (C=O) groups is 1. The number of aromatic nitrogens is 2. The van der Waals surface area contributed by atoms with Crippen LogP contribution in [0, 0.1) is 0 Å². The van der Waals surface area contributed by atoms with Crippen LogP contribution in [-0.4, -0.2) is 61.8 Å². The molecule has 0 bridgehead atoms. The quantitative estimate of drug-likeness (QED) is 0.734. The number of aromatic amines is 1. The molecule has 1 saturated heterocycles. The Morgan fingerprint density at radius 2 is 2.47 bits per heavy atom. The average Bonchev–Trinajstić information content (AvgIpc) is 2.91. The molecule has 1 aromatic rings. The molecule has 1 amide bonds. The van der Waals surface area contributed by atoms with Crippen molar-refractivity contribution >= 4 is 15.9 Å². The second-order valence-electron chi connectivity index (χ2n) is 4.24. The third kappa shape index (κ3) is 3.52. The van der Waals surface area contributed by atoms with Gasteiger partial charge in [-0.2, -0.15) is 5.10 Å². The lowest BCUT2D eigenvalue weighted by atomic mass is 10.3. The molecule has 0 aliphatic carbocycles. The fraction of sp³-hybridized carbons (Fsp3) is 0.600. The van der Waals surface area contributed by atoms with Gasteiger partial charge in [0, 0.05) is 32.8 Å². The largest absolute Gasteiger partial charge is 0.373 e. The van der Waals surface area contributed by atoms with Gasteiger partial charge in [0.05, 0.1) is 18.9 Å². The van der Waals surface area contributed by atoms with Gasteiger partial charge in [0.2, 0.25) is 15.9 Å². The first-order valence-electron chi connectivity index (χ1n) is 5.84. The van der Waals surface area contributed by atoms with Gasteiger partial charge in [-0.15, -0.1) is 0 Å².